The van der Waals surface area contributed by atoms with Crippen molar-refractivity contribution in [1.29, 1.82) is 0 Å². The average Bonchev–Trinajstić information content (AvgIpc) is 3.86. The van der Waals surface area contributed by atoms with Crippen LogP contribution in [0.2, 0.25) is 17.3 Å². The van der Waals surface area contributed by atoms with Crippen LogP contribution in [-0.4, -0.2) is 32.8 Å². The fourth-order valence-electron chi connectivity index (χ4n) is 7.93. The maximum absolute atomic E-state index is 6.47. The Bertz CT molecular complexity index is 3060. The van der Waals surface area contributed by atoms with Gasteiger partial charge in [-0.05, 0) is 47.5 Å². The van der Waals surface area contributed by atoms with Gasteiger partial charge in [-0.25, -0.2) is 4.98 Å². The van der Waals surface area contributed by atoms with Gasteiger partial charge in [0.05, 0.1) is 28.1 Å². The molecular weight excluding hydrogens is 985 g/mol. The van der Waals surface area contributed by atoms with Crippen molar-refractivity contribution in [2.24, 2.45) is 5.92 Å². The number of nitrogens with zero attached hydrogens (tertiary/aromatic N) is 4. The van der Waals surface area contributed by atoms with Gasteiger partial charge in [0.15, 0.2) is 0 Å². The number of pyridine rings is 2. The first kappa shape index (κ1) is 41.8. The first-order valence-corrected chi connectivity index (χ1v) is 27.9. The van der Waals surface area contributed by atoms with Crippen LogP contribution in [0.15, 0.2) is 174 Å². The molecule has 5 nitrogen and oxygen atoms in total. The summed E-state index contributed by atoms with van der Waals surface area (Å²) in [6.07, 6.45) is 3.27. The molecule has 303 valence electrons. The zero-order valence-corrected chi connectivity index (χ0v) is 39.5. The van der Waals surface area contributed by atoms with E-state index in [2.05, 4.69) is 139 Å². The van der Waals surface area contributed by atoms with Crippen LogP contribution in [0.3, 0.4) is 0 Å². The van der Waals surface area contributed by atoms with Crippen LogP contribution in [0.25, 0.3) is 83.8 Å². The Labute approximate surface area is 374 Å². The molecule has 0 unspecified atom stereocenters. The molecule has 61 heavy (non-hydrogen) atoms. The van der Waals surface area contributed by atoms with Crippen molar-refractivity contribution in [1.82, 2.24) is 19.5 Å². The summed E-state index contributed by atoms with van der Waals surface area (Å²) in [6.45, 7) is 4.57. The molecule has 0 fully saturated rings. The summed E-state index contributed by atoms with van der Waals surface area (Å²) in [5.41, 5.74) is 13.0. The fraction of sp³-hybridized carbons (Fsp3) is 0.130. The van der Waals surface area contributed by atoms with E-state index in [4.69, 9.17) is 19.4 Å². The maximum Gasteiger partial charge on any atom is 0.216 e. The van der Waals surface area contributed by atoms with Crippen molar-refractivity contribution in [3.05, 3.63) is 188 Å². The van der Waals surface area contributed by atoms with Crippen molar-refractivity contribution < 1.29 is 24.5 Å². The molecule has 0 spiro atoms. The second kappa shape index (κ2) is 18.0. The summed E-state index contributed by atoms with van der Waals surface area (Å²) < 4.78 is 10.2. The Kier molecular flexibility index (Phi) is 12.3. The van der Waals surface area contributed by atoms with Gasteiger partial charge in [0.1, 0.15) is 0 Å². The van der Waals surface area contributed by atoms with Gasteiger partial charge < -0.3 is 8.98 Å². The normalized spacial score (nSPS) is 11.4. The number of para-hydroxylation sites is 2. The molecule has 0 N–H and O–H groups in total. The van der Waals surface area contributed by atoms with Gasteiger partial charge in [-0.1, -0.05) is 95.9 Å². The standard InChI is InChI=1S/C36H22N3O.C18H24GeN.Ir/c1-3-10-24(11-4-1)25-18-20-27(21-19-25)39-33-17-8-7-16-32(33)37-35(39)30-15-9-14-28-29-22-23-31(26-12-5-2-6-13-26)38-36(29)40-34(28)30;1-14(2)11-16-12-18(15-9-7-6-8-10-15)20-13-17(16)19(3,4)5;/h1-14,16-23H;6-9,12-14H,11H2,1-5H3;/q2*-1;. The Hall–Kier alpha value is -5.92. The minimum absolute atomic E-state index is 0. The Morgan fingerprint density at radius 2 is 1.33 bits per heavy atom. The summed E-state index contributed by atoms with van der Waals surface area (Å²) in [6, 6.07) is 62.6. The third kappa shape index (κ3) is 8.80. The summed E-state index contributed by atoms with van der Waals surface area (Å²) in [4.78, 5) is 14.6. The van der Waals surface area contributed by atoms with E-state index in [1.54, 1.807) is 4.40 Å². The first-order chi connectivity index (χ1) is 29.2. The number of aromatic nitrogens is 4. The Morgan fingerprint density at radius 3 is 2.03 bits per heavy atom. The number of imidazole rings is 1. The molecule has 0 aliphatic carbocycles. The van der Waals surface area contributed by atoms with Crippen molar-refractivity contribution in [3.8, 4) is 50.7 Å². The van der Waals surface area contributed by atoms with Crippen molar-refractivity contribution in [2.45, 2.75) is 37.5 Å². The molecule has 0 aliphatic rings. The number of hydrogen-bond donors (Lipinski definition) is 0. The molecule has 0 bridgehead atoms. The molecule has 0 amide bonds. The van der Waals surface area contributed by atoms with E-state index in [0.717, 1.165) is 73.4 Å². The van der Waals surface area contributed by atoms with Gasteiger partial charge in [0.25, 0.3) is 0 Å². The van der Waals surface area contributed by atoms with Gasteiger partial charge in [0.2, 0.25) is 5.71 Å². The molecule has 0 aliphatic heterocycles. The molecule has 1 radical (unpaired) electrons. The zero-order valence-electron chi connectivity index (χ0n) is 35.0. The molecular formula is C54H46GeIrN4O-2. The molecule has 6 aromatic carbocycles. The average molecular weight is 1030 g/mol. The smallest absolute Gasteiger partial charge is 0.216 e. The van der Waals surface area contributed by atoms with Crippen LogP contribution in [0.5, 0.6) is 0 Å². The van der Waals surface area contributed by atoms with Gasteiger partial charge >= 0.3 is 126 Å². The number of fused-ring (bicyclic) bond motifs is 4. The fourth-order valence-corrected chi connectivity index (χ4v) is 11.3. The van der Waals surface area contributed by atoms with E-state index >= 15 is 0 Å². The molecule has 4 aromatic heterocycles. The third-order valence-corrected chi connectivity index (χ3v) is 15.1. The molecule has 10 aromatic rings. The summed E-state index contributed by atoms with van der Waals surface area (Å²) in [5, 5.41) is 1.97. The van der Waals surface area contributed by atoms with Crippen molar-refractivity contribution >= 4 is 50.8 Å². The van der Waals surface area contributed by atoms with E-state index in [-0.39, 0.29) is 20.1 Å². The maximum atomic E-state index is 6.47. The van der Waals surface area contributed by atoms with Crippen LogP contribution in [-0.2, 0) is 26.5 Å². The van der Waals surface area contributed by atoms with E-state index in [9.17, 15) is 0 Å². The summed E-state index contributed by atoms with van der Waals surface area (Å²) in [5.74, 6) is 8.77. The number of benzene rings is 6. The predicted molar refractivity (Wildman–Crippen MR) is 251 cm³/mol. The second-order valence-corrected chi connectivity index (χ2v) is 27.2. The minimum atomic E-state index is -1.86. The van der Waals surface area contributed by atoms with E-state index in [0.29, 0.717) is 11.6 Å². The van der Waals surface area contributed by atoms with Crippen LogP contribution < -0.4 is 4.40 Å². The minimum Gasteiger partial charge on any atom is -0.486 e. The third-order valence-electron chi connectivity index (χ3n) is 10.8. The Balaban J connectivity index is 0.000000208. The molecule has 0 saturated carbocycles. The van der Waals surface area contributed by atoms with E-state index < -0.39 is 13.3 Å². The van der Waals surface area contributed by atoms with E-state index in [1.807, 2.05) is 78.9 Å². The van der Waals surface area contributed by atoms with Crippen molar-refractivity contribution in [2.75, 3.05) is 0 Å². The van der Waals surface area contributed by atoms with Gasteiger partial charge in [-0.15, -0.1) is 18.2 Å². The van der Waals surface area contributed by atoms with Crippen LogP contribution >= 0.6 is 0 Å². The zero-order chi connectivity index (χ0) is 41.2. The van der Waals surface area contributed by atoms with E-state index in [1.165, 1.54) is 16.7 Å². The molecule has 10 rings (SSSR count). The largest absolute Gasteiger partial charge is 0.486 e. The topological polar surface area (TPSA) is 56.7 Å². The first-order valence-electron chi connectivity index (χ1n) is 20.6. The number of rotatable bonds is 8. The summed E-state index contributed by atoms with van der Waals surface area (Å²) in [7, 11) is 0. The van der Waals surface area contributed by atoms with Crippen molar-refractivity contribution in [3.63, 3.8) is 0 Å². The molecule has 4 heterocycles. The Morgan fingerprint density at radius 1 is 0.639 bits per heavy atom. The predicted octanol–water partition coefficient (Wildman–Crippen LogP) is 13.4. The quantitative estimate of drug-likeness (QED) is 0.112. The van der Waals surface area contributed by atoms with Crippen LogP contribution in [0, 0.1) is 18.1 Å². The second-order valence-electron chi connectivity index (χ2n) is 16.6. The number of furan rings is 1. The van der Waals surface area contributed by atoms with Gasteiger partial charge in [-0.3, -0.25) is 4.98 Å². The molecule has 0 saturated heterocycles. The summed E-state index contributed by atoms with van der Waals surface area (Å²) >= 11 is -1.86. The molecule has 0 atom stereocenters. The monoisotopic (exact) mass is 1030 g/mol. The van der Waals surface area contributed by atoms with Crippen LogP contribution in [0.4, 0.5) is 0 Å². The molecule has 7 heteroatoms. The van der Waals surface area contributed by atoms with Gasteiger partial charge in [0, 0.05) is 36.7 Å². The number of hydrogen-bond acceptors (Lipinski definition) is 4. The van der Waals surface area contributed by atoms with Crippen LogP contribution in [0.1, 0.15) is 19.4 Å². The SMILES string of the molecule is CC(C)Cc1cc(-c2[c-]cccc2)nc[c]1[Ge]([CH3])([CH3])[CH3].[Ir].[c-]1ccc2c(oc3nc(-c4ccccc4)ccc32)c1-c1nc2ccccc2n1-c1ccc(-c2ccccc2)cc1. The van der Waals surface area contributed by atoms with Gasteiger partial charge in [-0.2, -0.15) is 0 Å².